The monoisotopic (exact) mass is 465 g/mol. The van der Waals surface area contributed by atoms with Crippen molar-refractivity contribution in [3.05, 3.63) is 34.8 Å². The minimum atomic E-state index is -3.49. The zero-order valence-corrected chi connectivity index (χ0v) is 20.0. The predicted molar refractivity (Wildman–Crippen MR) is 122 cm³/mol. The summed E-state index contributed by atoms with van der Waals surface area (Å²) >= 11 is 1.53. The molecule has 0 saturated carbocycles. The van der Waals surface area contributed by atoms with Crippen molar-refractivity contribution in [2.45, 2.75) is 56.6 Å². The van der Waals surface area contributed by atoms with Crippen molar-refractivity contribution in [3.63, 3.8) is 0 Å². The molecule has 0 bridgehead atoms. The fourth-order valence-electron chi connectivity index (χ4n) is 4.75. The highest BCUT2D eigenvalue weighted by atomic mass is 32.2. The van der Waals surface area contributed by atoms with Crippen LogP contribution >= 0.6 is 11.3 Å². The summed E-state index contributed by atoms with van der Waals surface area (Å²) in [6, 6.07) is 3.88. The Morgan fingerprint density at radius 3 is 2.23 bits per heavy atom. The van der Waals surface area contributed by atoms with Crippen LogP contribution < -0.4 is 9.47 Å². The maximum Gasteiger partial charge on any atom is 0.273 e. The van der Waals surface area contributed by atoms with Crippen LogP contribution in [-0.4, -0.2) is 68.0 Å². The van der Waals surface area contributed by atoms with Gasteiger partial charge in [0, 0.05) is 43.8 Å². The van der Waals surface area contributed by atoms with E-state index in [1.54, 1.807) is 29.7 Å². The van der Waals surface area contributed by atoms with E-state index in [0.717, 1.165) is 60.8 Å². The average Bonchev–Trinajstić information content (AvgIpc) is 3.27. The minimum absolute atomic E-state index is 0.226. The Labute approximate surface area is 189 Å². The number of hydrogen-bond acceptors (Lipinski definition) is 7. The van der Waals surface area contributed by atoms with Gasteiger partial charge in [0.05, 0.1) is 12.0 Å². The number of benzene rings is 1. The summed E-state index contributed by atoms with van der Waals surface area (Å²) in [6.07, 6.45) is 5.71. The molecule has 0 atom stereocenters. The predicted octanol–water partition coefficient (Wildman–Crippen LogP) is 3.47. The molecule has 0 spiro atoms. The van der Waals surface area contributed by atoms with E-state index in [1.807, 2.05) is 19.2 Å². The van der Waals surface area contributed by atoms with Gasteiger partial charge in [-0.15, -0.1) is 0 Å². The lowest BCUT2D eigenvalue weighted by Crippen LogP contribution is -2.50. The molecule has 1 aromatic carbocycles. The van der Waals surface area contributed by atoms with Crippen LogP contribution in [0.2, 0.25) is 0 Å². The van der Waals surface area contributed by atoms with E-state index in [0.29, 0.717) is 24.0 Å². The first kappa shape index (κ1) is 22.5. The fourth-order valence-corrected chi connectivity index (χ4v) is 6.94. The van der Waals surface area contributed by atoms with E-state index in [2.05, 4.69) is 9.88 Å². The second-order valence-electron chi connectivity index (χ2n) is 8.38. The summed E-state index contributed by atoms with van der Waals surface area (Å²) in [5.41, 5.74) is 1.69. The normalized spacial score (nSPS) is 20.1. The number of nitrogens with zero attached hydrogens (tertiary/aromatic N) is 3. The molecule has 2 aromatic rings. The Kier molecular flexibility index (Phi) is 6.86. The molecule has 2 saturated heterocycles. The Hall–Kier alpha value is -1.68. The number of sulfonamides is 1. The molecule has 3 heterocycles. The molecule has 0 radical (unpaired) electrons. The van der Waals surface area contributed by atoms with Crippen LogP contribution in [0.4, 0.5) is 0 Å². The molecule has 2 fully saturated rings. The van der Waals surface area contributed by atoms with Crippen LogP contribution in [0.15, 0.2) is 28.6 Å². The highest BCUT2D eigenvalue weighted by Crippen LogP contribution is 2.30. The van der Waals surface area contributed by atoms with Gasteiger partial charge in [0.2, 0.25) is 10.0 Å². The van der Waals surface area contributed by atoms with Gasteiger partial charge in [-0.3, -0.25) is 0 Å². The molecule has 2 aliphatic rings. The van der Waals surface area contributed by atoms with E-state index < -0.39 is 10.0 Å². The zero-order chi connectivity index (χ0) is 22.0. The summed E-state index contributed by atoms with van der Waals surface area (Å²) in [6.45, 7) is 6.88. The zero-order valence-electron chi connectivity index (χ0n) is 18.4. The van der Waals surface area contributed by atoms with Crippen molar-refractivity contribution in [3.8, 4) is 10.9 Å². The van der Waals surface area contributed by atoms with Crippen molar-refractivity contribution in [1.82, 2.24) is 14.2 Å². The standard InChI is InChI=1S/C22H31N3O4S2/c1-16-14-20(15-17(2)21(16)28-3)31(26,27)25-11-4-18(5-12-25)24-9-6-19(7-10-24)29-22-23-8-13-30-22/h8,13-15,18-19H,4-7,9-12H2,1-3H3. The number of rotatable bonds is 6. The Morgan fingerprint density at radius 2 is 1.68 bits per heavy atom. The Balaban J connectivity index is 1.32. The van der Waals surface area contributed by atoms with E-state index in [4.69, 9.17) is 9.47 Å². The summed E-state index contributed by atoms with van der Waals surface area (Å²) in [7, 11) is -1.88. The SMILES string of the molecule is COc1c(C)cc(S(=O)(=O)N2CCC(N3CCC(Oc4nccs4)CC3)CC2)cc1C. The number of ether oxygens (including phenoxy) is 2. The molecule has 9 heteroatoms. The molecule has 0 unspecified atom stereocenters. The molecule has 7 nitrogen and oxygen atoms in total. The molecule has 1 aromatic heterocycles. The van der Waals surface area contributed by atoms with E-state index in [9.17, 15) is 8.42 Å². The van der Waals surface area contributed by atoms with Gasteiger partial charge in [-0.1, -0.05) is 11.3 Å². The van der Waals surface area contributed by atoms with Gasteiger partial charge in [0.25, 0.3) is 5.19 Å². The summed E-state index contributed by atoms with van der Waals surface area (Å²) < 4.78 is 39.4. The van der Waals surface area contributed by atoms with Gasteiger partial charge in [-0.2, -0.15) is 4.31 Å². The summed E-state index contributed by atoms with van der Waals surface area (Å²) in [4.78, 5) is 7.08. The molecule has 31 heavy (non-hydrogen) atoms. The van der Waals surface area contributed by atoms with Gasteiger partial charge >= 0.3 is 0 Å². The van der Waals surface area contributed by atoms with Crippen molar-refractivity contribution < 1.29 is 17.9 Å². The minimum Gasteiger partial charge on any atom is -0.496 e. The molecule has 0 aliphatic carbocycles. The number of thiazole rings is 1. The van der Waals surface area contributed by atoms with Crippen LogP contribution in [0, 0.1) is 13.8 Å². The third-order valence-corrected chi connectivity index (χ3v) is 8.91. The van der Waals surface area contributed by atoms with Crippen molar-refractivity contribution in [2.24, 2.45) is 0 Å². The Morgan fingerprint density at radius 1 is 1.03 bits per heavy atom. The first-order valence-corrected chi connectivity index (χ1v) is 13.2. The number of aryl methyl sites for hydroxylation is 2. The van der Waals surface area contributed by atoms with Gasteiger partial charge in [0.15, 0.2) is 0 Å². The number of likely N-dealkylation sites (tertiary alicyclic amines) is 1. The molecular weight excluding hydrogens is 434 g/mol. The van der Waals surface area contributed by atoms with E-state index in [-0.39, 0.29) is 6.10 Å². The maximum absolute atomic E-state index is 13.2. The largest absolute Gasteiger partial charge is 0.496 e. The van der Waals surface area contributed by atoms with Gasteiger partial charge < -0.3 is 14.4 Å². The highest BCUT2D eigenvalue weighted by Gasteiger charge is 2.34. The molecule has 4 rings (SSSR count). The van der Waals surface area contributed by atoms with E-state index in [1.165, 1.54) is 11.3 Å². The van der Waals surface area contributed by atoms with Gasteiger partial charge in [-0.05, 0) is 62.8 Å². The summed E-state index contributed by atoms with van der Waals surface area (Å²) in [5, 5.41) is 2.68. The first-order chi connectivity index (χ1) is 14.9. The molecule has 0 N–H and O–H groups in total. The molecule has 0 amide bonds. The van der Waals surface area contributed by atoms with Crippen molar-refractivity contribution in [1.29, 1.82) is 0 Å². The van der Waals surface area contributed by atoms with Crippen molar-refractivity contribution in [2.75, 3.05) is 33.3 Å². The van der Waals surface area contributed by atoms with Gasteiger partial charge in [-0.25, -0.2) is 13.4 Å². The van der Waals surface area contributed by atoms with Crippen LogP contribution in [-0.2, 0) is 10.0 Å². The van der Waals surface area contributed by atoms with Crippen LogP contribution in [0.3, 0.4) is 0 Å². The molecular formula is C22H31N3O4S2. The average molecular weight is 466 g/mol. The topological polar surface area (TPSA) is 72.0 Å². The lowest BCUT2D eigenvalue weighted by atomic mass is 10.00. The highest BCUT2D eigenvalue weighted by molar-refractivity contribution is 7.89. The molecule has 170 valence electrons. The second kappa shape index (κ2) is 9.44. The lowest BCUT2D eigenvalue weighted by Gasteiger charge is -2.41. The smallest absolute Gasteiger partial charge is 0.273 e. The maximum atomic E-state index is 13.2. The first-order valence-electron chi connectivity index (χ1n) is 10.8. The third-order valence-electron chi connectivity index (χ3n) is 6.37. The molecule has 2 aliphatic heterocycles. The van der Waals surface area contributed by atoms with Crippen LogP contribution in [0.25, 0.3) is 0 Å². The third kappa shape index (κ3) is 4.89. The number of hydrogen-bond donors (Lipinski definition) is 0. The Bertz CT molecular complexity index is 955. The van der Waals surface area contributed by atoms with Crippen LogP contribution in [0.1, 0.15) is 36.8 Å². The second-order valence-corrected chi connectivity index (χ2v) is 11.2. The number of piperidine rings is 2. The van der Waals surface area contributed by atoms with E-state index >= 15 is 0 Å². The number of methoxy groups -OCH3 is 1. The quantitative estimate of drug-likeness (QED) is 0.651. The summed E-state index contributed by atoms with van der Waals surface area (Å²) in [5.74, 6) is 0.750. The van der Waals surface area contributed by atoms with Gasteiger partial charge in [0.1, 0.15) is 11.9 Å². The number of aromatic nitrogens is 1. The van der Waals surface area contributed by atoms with Crippen molar-refractivity contribution >= 4 is 21.4 Å². The lowest BCUT2D eigenvalue weighted by molar-refractivity contribution is 0.0584. The fraction of sp³-hybridized carbons (Fsp3) is 0.591. The van der Waals surface area contributed by atoms with Crippen LogP contribution in [0.5, 0.6) is 10.9 Å².